The molecule has 10 heteroatoms. The Balaban J connectivity index is 2.25. The van der Waals surface area contributed by atoms with Crippen LogP contribution in [0.1, 0.15) is 18.1 Å². The Bertz CT molecular complexity index is 900. The number of alkyl halides is 3. The third kappa shape index (κ3) is 4.90. The normalized spacial score (nSPS) is 12.2. The number of nitro benzene ring substituents is 1. The molecule has 0 bridgehead atoms. The number of hydrogen-bond donors (Lipinski definition) is 2. The smallest absolute Gasteiger partial charge is 0.418 e. The van der Waals surface area contributed by atoms with Gasteiger partial charge in [-0.3, -0.25) is 14.9 Å². The summed E-state index contributed by atoms with van der Waals surface area (Å²) in [6.45, 7) is 3.30. The summed E-state index contributed by atoms with van der Waals surface area (Å²) in [5.74, 6) is -0.278. The van der Waals surface area contributed by atoms with Crippen molar-refractivity contribution >= 4 is 23.0 Å². The summed E-state index contributed by atoms with van der Waals surface area (Å²) in [4.78, 5) is 22.2. The Hall–Kier alpha value is -3.30. The summed E-state index contributed by atoms with van der Waals surface area (Å²) in [5.41, 5.74) is -1.18. The lowest BCUT2D eigenvalue weighted by molar-refractivity contribution is -0.385. The van der Waals surface area contributed by atoms with Gasteiger partial charge in [0.2, 0.25) is 5.91 Å². The van der Waals surface area contributed by atoms with Gasteiger partial charge < -0.3 is 15.4 Å². The van der Waals surface area contributed by atoms with E-state index >= 15 is 0 Å². The molecule has 0 unspecified atom stereocenters. The molecule has 0 aliphatic rings. The summed E-state index contributed by atoms with van der Waals surface area (Å²) in [6.07, 6.45) is -4.87. The number of halogens is 3. The first-order valence-corrected chi connectivity index (χ1v) is 8.10. The maximum atomic E-state index is 13.2. The van der Waals surface area contributed by atoms with Gasteiger partial charge in [0.1, 0.15) is 11.8 Å². The highest BCUT2D eigenvalue weighted by molar-refractivity contribution is 5.97. The van der Waals surface area contributed by atoms with Gasteiger partial charge in [-0.25, -0.2) is 0 Å². The van der Waals surface area contributed by atoms with E-state index in [0.29, 0.717) is 17.5 Å². The van der Waals surface area contributed by atoms with E-state index in [9.17, 15) is 28.1 Å². The first-order valence-electron chi connectivity index (χ1n) is 8.10. The maximum Gasteiger partial charge on any atom is 0.418 e. The van der Waals surface area contributed by atoms with Crippen LogP contribution in [0.15, 0.2) is 36.4 Å². The van der Waals surface area contributed by atoms with Crippen LogP contribution < -0.4 is 15.4 Å². The molecule has 2 rings (SSSR count). The van der Waals surface area contributed by atoms with Crippen molar-refractivity contribution in [2.24, 2.45) is 0 Å². The molecule has 7 nitrogen and oxygen atoms in total. The minimum atomic E-state index is -4.87. The number of hydrogen-bond acceptors (Lipinski definition) is 5. The second-order valence-corrected chi connectivity index (χ2v) is 6.04. The van der Waals surface area contributed by atoms with Crippen LogP contribution in [0, 0.1) is 17.0 Å². The largest absolute Gasteiger partial charge is 0.495 e. The quantitative estimate of drug-likeness (QED) is 0.558. The average molecular weight is 397 g/mol. The van der Waals surface area contributed by atoms with Gasteiger partial charge in [0.15, 0.2) is 0 Å². The van der Waals surface area contributed by atoms with Crippen LogP contribution in [0.5, 0.6) is 5.75 Å². The summed E-state index contributed by atoms with van der Waals surface area (Å²) < 4.78 is 44.9. The molecule has 0 saturated carbocycles. The zero-order chi connectivity index (χ0) is 21.1. The van der Waals surface area contributed by atoms with Crippen molar-refractivity contribution in [3.05, 3.63) is 57.6 Å². The lowest BCUT2D eigenvalue weighted by Crippen LogP contribution is -2.32. The zero-order valence-corrected chi connectivity index (χ0v) is 15.3. The molecule has 1 amide bonds. The number of non-ortho nitro benzene ring substituents is 1. The molecule has 0 heterocycles. The number of carbonyl (C=O) groups excluding carboxylic acids is 1. The van der Waals surface area contributed by atoms with Gasteiger partial charge in [0, 0.05) is 12.1 Å². The number of nitro groups is 1. The number of anilines is 2. The highest BCUT2D eigenvalue weighted by Crippen LogP contribution is 2.37. The second kappa shape index (κ2) is 8.15. The SMILES string of the molecule is COc1ccc(C)cc1N[C@@H](C)C(=O)Nc1ccc([N+](=O)[O-])cc1C(F)(F)F. The number of nitrogens with one attached hydrogen (secondary N) is 2. The van der Waals surface area contributed by atoms with E-state index in [1.807, 2.05) is 6.92 Å². The molecule has 2 aromatic carbocycles. The Morgan fingerprint density at radius 2 is 1.86 bits per heavy atom. The van der Waals surface area contributed by atoms with Crippen LogP contribution in [0.25, 0.3) is 0 Å². The first-order chi connectivity index (χ1) is 13.0. The topological polar surface area (TPSA) is 93.5 Å². The van der Waals surface area contributed by atoms with E-state index < -0.39 is 40.0 Å². The molecule has 2 N–H and O–H groups in total. The predicted molar refractivity (Wildman–Crippen MR) is 97.5 cm³/mol. The number of ether oxygens (including phenoxy) is 1. The molecule has 0 aromatic heterocycles. The third-order valence-electron chi connectivity index (χ3n) is 3.90. The summed E-state index contributed by atoms with van der Waals surface area (Å²) in [7, 11) is 1.45. The van der Waals surface area contributed by atoms with Gasteiger partial charge in [0.25, 0.3) is 5.69 Å². The van der Waals surface area contributed by atoms with Crippen LogP contribution in [0.2, 0.25) is 0 Å². The fraction of sp³-hybridized carbons (Fsp3) is 0.278. The third-order valence-corrected chi connectivity index (χ3v) is 3.90. The molecular weight excluding hydrogens is 379 g/mol. The molecule has 0 spiro atoms. The number of aryl methyl sites for hydroxylation is 1. The van der Waals surface area contributed by atoms with E-state index in [-0.39, 0.29) is 0 Å². The average Bonchev–Trinajstić information content (AvgIpc) is 2.61. The minimum Gasteiger partial charge on any atom is -0.495 e. The molecule has 0 aliphatic carbocycles. The van der Waals surface area contributed by atoms with Crippen LogP contribution in [0.4, 0.5) is 30.2 Å². The highest BCUT2D eigenvalue weighted by Gasteiger charge is 2.36. The van der Waals surface area contributed by atoms with Crippen LogP contribution in [-0.4, -0.2) is 24.0 Å². The Kier molecular flexibility index (Phi) is 6.12. The van der Waals surface area contributed by atoms with Crippen molar-refractivity contribution in [3.63, 3.8) is 0 Å². The molecule has 150 valence electrons. The molecule has 0 aliphatic heterocycles. The van der Waals surface area contributed by atoms with Crippen molar-refractivity contribution in [1.82, 2.24) is 0 Å². The van der Waals surface area contributed by atoms with E-state index in [4.69, 9.17) is 4.74 Å². The van der Waals surface area contributed by atoms with Gasteiger partial charge in [0.05, 0.1) is 29.0 Å². The summed E-state index contributed by atoms with van der Waals surface area (Å²) in [5, 5.41) is 15.8. The zero-order valence-electron chi connectivity index (χ0n) is 15.3. The van der Waals surface area contributed by atoms with E-state index in [1.54, 1.807) is 18.2 Å². The standard InChI is InChI=1S/C18H18F3N3O4/c1-10-4-7-16(28-3)15(8-10)22-11(2)17(25)23-14-6-5-12(24(26)27)9-13(14)18(19,20)21/h4-9,11,22H,1-3H3,(H,23,25)/t11-/m0/s1. The van der Waals surface area contributed by atoms with E-state index in [2.05, 4.69) is 10.6 Å². The van der Waals surface area contributed by atoms with Gasteiger partial charge in [-0.15, -0.1) is 0 Å². The van der Waals surface area contributed by atoms with Crippen LogP contribution in [-0.2, 0) is 11.0 Å². The van der Waals surface area contributed by atoms with Crippen molar-refractivity contribution < 1.29 is 27.6 Å². The number of carbonyl (C=O) groups is 1. The molecule has 0 radical (unpaired) electrons. The minimum absolute atomic E-state index is 0.386. The fourth-order valence-electron chi connectivity index (χ4n) is 2.46. The molecular formula is C18H18F3N3O4. The lowest BCUT2D eigenvalue weighted by atomic mass is 10.1. The molecule has 1 atom stereocenters. The number of rotatable bonds is 6. The lowest BCUT2D eigenvalue weighted by Gasteiger charge is -2.19. The second-order valence-electron chi connectivity index (χ2n) is 6.04. The molecule has 0 fully saturated rings. The number of nitrogens with zero attached hydrogens (tertiary/aromatic N) is 1. The van der Waals surface area contributed by atoms with Crippen molar-refractivity contribution in [3.8, 4) is 5.75 Å². The van der Waals surface area contributed by atoms with E-state index in [1.165, 1.54) is 14.0 Å². The van der Waals surface area contributed by atoms with Crippen molar-refractivity contribution in [2.45, 2.75) is 26.1 Å². The Morgan fingerprint density at radius 3 is 2.43 bits per heavy atom. The fourth-order valence-corrected chi connectivity index (χ4v) is 2.46. The van der Waals surface area contributed by atoms with Crippen LogP contribution in [0.3, 0.4) is 0 Å². The Labute approximate surface area is 158 Å². The first kappa shape index (κ1) is 21.0. The van der Waals surface area contributed by atoms with Gasteiger partial charge in [-0.2, -0.15) is 13.2 Å². The summed E-state index contributed by atoms with van der Waals surface area (Å²) >= 11 is 0. The van der Waals surface area contributed by atoms with Crippen molar-refractivity contribution in [1.29, 1.82) is 0 Å². The molecule has 2 aromatic rings. The van der Waals surface area contributed by atoms with Crippen molar-refractivity contribution in [2.75, 3.05) is 17.7 Å². The molecule has 28 heavy (non-hydrogen) atoms. The highest BCUT2D eigenvalue weighted by atomic mass is 19.4. The monoisotopic (exact) mass is 397 g/mol. The molecule has 0 saturated heterocycles. The van der Waals surface area contributed by atoms with Gasteiger partial charge in [-0.1, -0.05) is 6.07 Å². The van der Waals surface area contributed by atoms with E-state index in [0.717, 1.165) is 17.7 Å². The Morgan fingerprint density at radius 1 is 1.18 bits per heavy atom. The number of methoxy groups -OCH3 is 1. The number of amides is 1. The van der Waals surface area contributed by atoms with Crippen LogP contribution >= 0.6 is 0 Å². The predicted octanol–water partition coefficient (Wildman–Crippen LogP) is 4.37. The maximum absolute atomic E-state index is 13.2. The van der Waals surface area contributed by atoms with Gasteiger partial charge in [-0.05, 0) is 37.6 Å². The van der Waals surface area contributed by atoms with Gasteiger partial charge >= 0.3 is 6.18 Å². The summed E-state index contributed by atoms with van der Waals surface area (Å²) in [6, 6.07) is 6.46. The number of benzene rings is 2.